The van der Waals surface area contributed by atoms with Gasteiger partial charge in [-0.25, -0.2) is 0 Å². The third-order valence-corrected chi connectivity index (χ3v) is 2.84. The Kier molecular flexibility index (Phi) is 8.19. The van der Waals surface area contributed by atoms with Gasteiger partial charge < -0.3 is 15.8 Å². The lowest BCUT2D eigenvalue weighted by atomic mass is 10.1. The first-order chi connectivity index (χ1) is 8.52. The topological polar surface area (TPSA) is 64.3 Å². The van der Waals surface area contributed by atoms with Crippen molar-refractivity contribution in [1.29, 1.82) is 0 Å². The summed E-state index contributed by atoms with van der Waals surface area (Å²) in [6.07, 6.45) is 0.345. The van der Waals surface area contributed by atoms with Crippen molar-refractivity contribution in [3.63, 3.8) is 0 Å². The largest absolute Gasteiger partial charge is 0.493 e. The van der Waals surface area contributed by atoms with Crippen molar-refractivity contribution in [3.05, 3.63) is 29.3 Å². The normalized spacial score (nSPS) is 11.4. The summed E-state index contributed by atoms with van der Waals surface area (Å²) in [5.41, 5.74) is 7.85. The molecule has 0 unspecified atom stereocenters. The Morgan fingerprint density at radius 3 is 2.63 bits per heavy atom. The van der Waals surface area contributed by atoms with Crippen molar-refractivity contribution < 1.29 is 9.53 Å². The van der Waals surface area contributed by atoms with Crippen LogP contribution in [0.3, 0.4) is 0 Å². The zero-order valence-corrected chi connectivity index (χ0v) is 12.5. The first kappa shape index (κ1) is 17.7. The van der Waals surface area contributed by atoms with Crippen molar-refractivity contribution >= 4 is 18.3 Å². The third kappa shape index (κ3) is 6.45. The van der Waals surface area contributed by atoms with Gasteiger partial charge in [-0.3, -0.25) is 4.79 Å². The van der Waals surface area contributed by atoms with Crippen LogP contribution >= 0.6 is 12.4 Å². The summed E-state index contributed by atoms with van der Waals surface area (Å²) in [6.45, 7) is 6.80. The highest BCUT2D eigenvalue weighted by molar-refractivity contribution is 5.85. The average molecular weight is 287 g/mol. The summed E-state index contributed by atoms with van der Waals surface area (Å²) in [6, 6.07) is 5.93. The molecular formula is C14H23ClN2O2. The van der Waals surface area contributed by atoms with Gasteiger partial charge in [-0.05, 0) is 44.0 Å². The standard InChI is InChI=1S/C14H22N2O2.ClH/c1-10-4-5-13(8-11(10)2)18-7-6-14(17)16-12(3)9-15;/h4-5,8,12H,6-7,9,15H2,1-3H3,(H,16,17);1H/t12-;/m0./s1. The van der Waals surface area contributed by atoms with Crippen molar-refractivity contribution in [3.8, 4) is 5.75 Å². The lowest BCUT2D eigenvalue weighted by molar-refractivity contribution is -0.122. The van der Waals surface area contributed by atoms with Gasteiger partial charge in [-0.1, -0.05) is 6.07 Å². The molecular weight excluding hydrogens is 264 g/mol. The summed E-state index contributed by atoms with van der Waals surface area (Å²) in [7, 11) is 0. The molecule has 0 saturated heterocycles. The van der Waals surface area contributed by atoms with E-state index in [0.29, 0.717) is 19.6 Å². The molecule has 0 bridgehead atoms. The smallest absolute Gasteiger partial charge is 0.223 e. The Hall–Kier alpha value is -1.26. The molecule has 19 heavy (non-hydrogen) atoms. The fourth-order valence-corrected chi connectivity index (χ4v) is 1.47. The maximum atomic E-state index is 11.5. The molecule has 1 rings (SSSR count). The maximum absolute atomic E-state index is 11.5. The number of nitrogens with two attached hydrogens (primary N) is 1. The van der Waals surface area contributed by atoms with Crippen LogP contribution < -0.4 is 15.8 Å². The van der Waals surface area contributed by atoms with Crippen LogP contribution in [0.4, 0.5) is 0 Å². The second kappa shape index (κ2) is 8.77. The van der Waals surface area contributed by atoms with Crippen LogP contribution in [0.2, 0.25) is 0 Å². The van der Waals surface area contributed by atoms with Gasteiger partial charge in [-0.15, -0.1) is 12.4 Å². The number of ether oxygens (including phenoxy) is 1. The van der Waals surface area contributed by atoms with Crippen LogP contribution in [-0.4, -0.2) is 25.1 Å². The molecule has 0 aliphatic heterocycles. The molecule has 5 heteroatoms. The van der Waals surface area contributed by atoms with Gasteiger partial charge in [0.2, 0.25) is 5.91 Å². The predicted octanol–water partition coefficient (Wildman–Crippen LogP) is 1.96. The van der Waals surface area contributed by atoms with E-state index in [9.17, 15) is 4.79 Å². The van der Waals surface area contributed by atoms with Crippen LogP contribution in [0.15, 0.2) is 18.2 Å². The van der Waals surface area contributed by atoms with Gasteiger partial charge in [0, 0.05) is 12.6 Å². The van der Waals surface area contributed by atoms with Crippen molar-refractivity contribution in [2.75, 3.05) is 13.2 Å². The molecule has 108 valence electrons. The molecule has 3 N–H and O–H groups in total. The Labute approximate surface area is 121 Å². The Morgan fingerprint density at radius 2 is 2.05 bits per heavy atom. The highest BCUT2D eigenvalue weighted by Crippen LogP contribution is 2.16. The number of halogens is 1. The summed E-state index contributed by atoms with van der Waals surface area (Å²) < 4.78 is 5.54. The first-order valence-corrected chi connectivity index (χ1v) is 6.22. The van der Waals surface area contributed by atoms with E-state index < -0.39 is 0 Å². The van der Waals surface area contributed by atoms with E-state index in [2.05, 4.69) is 12.2 Å². The Morgan fingerprint density at radius 1 is 1.37 bits per heavy atom. The summed E-state index contributed by atoms with van der Waals surface area (Å²) in [4.78, 5) is 11.5. The van der Waals surface area contributed by atoms with Gasteiger partial charge in [0.25, 0.3) is 0 Å². The number of carbonyl (C=O) groups is 1. The van der Waals surface area contributed by atoms with E-state index in [1.807, 2.05) is 32.0 Å². The molecule has 4 nitrogen and oxygen atoms in total. The Balaban J connectivity index is 0.00000324. The van der Waals surface area contributed by atoms with Crippen LogP contribution in [0, 0.1) is 13.8 Å². The molecule has 0 spiro atoms. The number of nitrogens with one attached hydrogen (secondary N) is 1. The summed E-state index contributed by atoms with van der Waals surface area (Å²) in [5, 5.41) is 2.79. The zero-order chi connectivity index (χ0) is 13.5. The SMILES string of the molecule is Cc1ccc(OCCC(=O)N[C@@H](C)CN)cc1C.Cl. The van der Waals surface area contributed by atoms with Crippen LogP contribution in [0.1, 0.15) is 24.5 Å². The minimum Gasteiger partial charge on any atom is -0.493 e. The van der Waals surface area contributed by atoms with Crippen LogP contribution in [-0.2, 0) is 4.79 Å². The predicted molar refractivity (Wildman–Crippen MR) is 79.9 cm³/mol. The molecule has 0 radical (unpaired) electrons. The number of rotatable bonds is 6. The average Bonchev–Trinajstić information content (AvgIpc) is 2.33. The van der Waals surface area contributed by atoms with Crippen LogP contribution in [0.25, 0.3) is 0 Å². The molecule has 0 fully saturated rings. The number of hydrogen-bond donors (Lipinski definition) is 2. The summed E-state index contributed by atoms with van der Waals surface area (Å²) >= 11 is 0. The Bertz CT molecular complexity index is 410. The highest BCUT2D eigenvalue weighted by atomic mass is 35.5. The van der Waals surface area contributed by atoms with Crippen molar-refractivity contribution in [1.82, 2.24) is 5.32 Å². The lowest BCUT2D eigenvalue weighted by Crippen LogP contribution is -2.38. The molecule has 0 aliphatic carbocycles. The second-order valence-corrected chi connectivity index (χ2v) is 4.55. The van der Waals surface area contributed by atoms with Crippen LogP contribution in [0.5, 0.6) is 5.75 Å². The lowest BCUT2D eigenvalue weighted by Gasteiger charge is -2.12. The summed E-state index contributed by atoms with van der Waals surface area (Å²) in [5.74, 6) is 0.773. The fourth-order valence-electron chi connectivity index (χ4n) is 1.47. The van der Waals surface area contributed by atoms with E-state index in [1.165, 1.54) is 11.1 Å². The molecule has 0 heterocycles. The maximum Gasteiger partial charge on any atom is 0.223 e. The zero-order valence-electron chi connectivity index (χ0n) is 11.7. The number of aryl methyl sites for hydroxylation is 2. The van der Waals surface area contributed by atoms with Crippen molar-refractivity contribution in [2.24, 2.45) is 5.73 Å². The molecule has 0 saturated carbocycles. The van der Waals surface area contributed by atoms with Gasteiger partial charge in [-0.2, -0.15) is 0 Å². The number of carbonyl (C=O) groups excluding carboxylic acids is 1. The van der Waals surface area contributed by atoms with Gasteiger partial charge in [0.1, 0.15) is 5.75 Å². The van der Waals surface area contributed by atoms with Gasteiger partial charge >= 0.3 is 0 Å². The first-order valence-electron chi connectivity index (χ1n) is 6.22. The number of benzene rings is 1. The monoisotopic (exact) mass is 286 g/mol. The molecule has 1 aromatic carbocycles. The number of amides is 1. The molecule has 1 atom stereocenters. The van der Waals surface area contributed by atoms with E-state index in [0.717, 1.165) is 5.75 Å². The van der Waals surface area contributed by atoms with E-state index in [4.69, 9.17) is 10.5 Å². The number of hydrogen-bond acceptors (Lipinski definition) is 3. The minimum absolute atomic E-state index is 0. The minimum atomic E-state index is -0.0308. The fraction of sp³-hybridized carbons (Fsp3) is 0.500. The van der Waals surface area contributed by atoms with E-state index >= 15 is 0 Å². The molecule has 1 amide bonds. The molecule has 1 aromatic rings. The van der Waals surface area contributed by atoms with Gasteiger partial charge in [0.15, 0.2) is 0 Å². The van der Waals surface area contributed by atoms with Gasteiger partial charge in [0.05, 0.1) is 13.0 Å². The molecule has 0 aromatic heterocycles. The second-order valence-electron chi connectivity index (χ2n) is 4.55. The highest BCUT2D eigenvalue weighted by Gasteiger charge is 2.05. The van der Waals surface area contributed by atoms with Crippen molar-refractivity contribution in [2.45, 2.75) is 33.2 Å². The molecule has 0 aliphatic rings. The third-order valence-electron chi connectivity index (χ3n) is 2.84. The van der Waals surface area contributed by atoms with E-state index in [1.54, 1.807) is 0 Å². The quantitative estimate of drug-likeness (QED) is 0.840. The van der Waals surface area contributed by atoms with E-state index in [-0.39, 0.29) is 24.4 Å².